The Balaban J connectivity index is 1.39. The molecule has 2 N–H and O–H groups in total. The molecule has 2 aliphatic heterocycles. The fraction of sp³-hybridized carbons (Fsp3) is 0.536. The van der Waals surface area contributed by atoms with Crippen LogP contribution in [-0.4, -0.2) is 85.5 Å². The first-order valence-corrected chi connectivity index (χ1v) is 15.5. The van der Waals surface area contributed by atoms with Crippen molar-refractivity contribution in [3.8, 4) is 0 Å². The monoisotopic (exact) mass is 554 g/mol. The number of rotatable bonds is 8. The Hall–Kier alpha value is -3.02. The minimum absolute atomic E-state index is 0.158. The lowest BCUT2D eigenvalue weighted by molar-refractivity contribution is -0.0962. The van der Waals surface area contributed by atoms with Crippen LogP contribution < -0.4 is 15.1 Å². The van der Waals surface area contributed by atoms with Gasteiger partial charge < -0.3 is 25.0 Å². The van der Waals surface area contributed by atoms with Gasteiger partial charge in [0, 0.05) is 62.4 Å². The second-order valence-corrected chi connectivity index (χ2v) is 13.6. The topological polar surface area (TPSA) is 121 Å². The molecule has 0 amide bonds. The van der Waals surface area contributed by atoms with Gasteiger partial charge in [-0.1, -0.05) is 19.9 Å². The smallest absolute Gasteiger partial charge is 0.227 e. The Morgan fingerprint density at radius 3 is 2.62 bits per heavy atom. The molecule has 210 valence electrons. The van der Waals surface area contributed by atoms with Crippen molar-refractivity contribution in [3.63, 3.8) is 0 Å². The number of anilines is 4. The average Bonchev–Trinajstić information content (AvgIpc) is 2.86. The molecule has 0 spiro atoms. The highest BCUT2D eigenvalue weighted by Gasteiger charge is 2.39. The lowest BCUT2D eigenvalue weighted by Gasteiger charge is -2.42. The largest absolute Gasteiger partial charge is 0.390 e. The lowest BCUT2D eigenvalue weighted by Crippen LogP contribution is -2.56. The van der Waals surface area contributed by atoms with E-state index < -0.39 is 21.5 Å². The van der Waals surface area contributed by atoms with Crippen molar-refractivity contribution in [2.75, 3.05) is 60.4 Å². The summed E-state index contributed by atoms with van der Waals surface area (Å²) < 4.78 is 29.0. The number of pyridine rings is 1. The summed E-state index contributed by atoms with van der Waals surface area (Å²) in [7, 11) is -1.37. The van der Waals surface area contributed by atoms with Gasteiger partial charge in [-0.3, -0.25) is 0 Å². The van der Waals surface area contributed by atoms with E-state index in [1.165, 1.54) is 11.8 Å². The van der Waals surface area contributed by atoms with Crippen LogP contribution in [0.3, 0.4) is 0 Å². The molecule has 4 heterocycles. The van der Waals surface area contributed by atoms with Gasteiger partial charge in [-0.15, -0.1) is 0 Å². The quantitative estimate of drug-likeness (QED) is 0.429. The van der Waals surface area contributed by atoms with Gasteiger partial charge in [0.2, 0.25) is 5.95 Å². The molecule has 39 heavy (non-hydrogen) atoms. The van der Waals surface area contributed by atoms with Crippen molar-refractivity contribution in [1.29, 1.82) is 0 Å². The van der Waals surface area contributed by atoms with Crippen LogP contribution in [0.2, 0.25) is 0 Å². The minimum Gasteiger partial charge on any atom is -0.390 e. The molecule has 10 nitrogen and oxygen atoms in total. The SMILES string of the molecule is CO[C@@]1(C)CN(c2nccc(Nc3cc4c(C(C)C)ccc(N5CC(CS(C)(=O)=O)C5)c4cn3)n2)CC[C@H]1O. The molecule has 0 unspecified atom stereocenters. The van der Waals surface area contributed by atoms with Crippen LogP contribution in [0.25, 0.3) is 10.8 Å². The van der Waals surface area contributed by atoms with Gasteiger partial charge in [0.15, 0.2) is 0 Å². The third kappa shape index (κ3) is 5.80. The van der Waals surface area contributed by atoms with Gasteiger partial charge in [-0.25, -0.2) is 18.4 Å². The molecular weight excluding hydrogens is 516 g/mol. The second kappa shape index (κ2) is 10.5. The molecule has 0 bridgehead atoms. The molecule has 11 heteroatoms. The number of ether oxygens (including phenoxy) is 1. The van der Waals surface area contributed by atoms with Crippen LogP contribution in [0.1, 0.15) is 38.7 Å². The molecule has 0 saturated carbocycles. The molecule has 2 aromatic heterocycles. The van der Waals surface area contributed by atoms with Crippen molar-refractivity contribution >= 4 is 43.9 Å². The first kappa shape index (κ1) is 27.5. The molecule has 1 aromatic carbocycles. The number of nitrogens with zero attached hydrogens (tertiary/aromatic N) is 5. The zero-order valence-electron chi connectivity index (χ0n) is 23.3. The van der Waals surface area contributed by atoms with Crippen LogP contribution in [0.15, 0.2) is 36.7 Å². The molecule has 2 fully saturated rings. The van der Waals surface area contributed by atoms with E-state index in [1.807, 2.05) is 24.1 Å². The number of aromatic nitrogens is 3. The molecule has 2 atom stereocenters. The average molecular weight is 555 g/mol. The maximum absolute atomic E-state index is 11.7. The predicted octanol–water partition coefficient (Wildman–Crippen LogP) is 3.35. The normalized spacial score (nSPS) is 22.4. The fourth-order valence-corrected chi connectivity index (χ4v) is 6.68. The Morgan fingerprint density at radius 2 is 1.92 bits per heavy atom. The highest BCUT2D eigenvalue weighted by atomic mass is 32.2. The van der Waals surface area contributed by atoms with E-state index in [2.05, 4.69) is 47.2 Å². The maximum Gasteiger partial charge on any atom is 0.227 e. The number of sulfone groups is 1. The summed E-state index contributed by atoms with van der Waals surface area (Å²) in [5.41, 5.74) is 1.62. The highest BCUT2D eigenvalue weighted by Crippen LogP contribution is 2.37. The van der Waals surface area contributed by atoms with Gasteiger partial charge in [-0.05, 0) is 48.4 Å². The highest BCUT2D eigenvalue weighted by molar-refractivity contribution is 7.90. The third-order valence-corrected chi connectivity index (χ3v) is 8.98. The van der Waals surface area contributed by atoms with Gasteiger partial charge in [0.05, 0.1) is 18.4 Å². The van der Waals surface area contributed by atoms with Gasteiger partial charge in [0.25, 0.3) is 0 Å². The number of benzene rings is 1. The van der Waals surface area contributed by atoms with E-state index in [1.54, 1.807) is 13.3 Å². The van der Waals surface area contributed by atoms with Crippen molar-refractivity contribution in [1.82, 2.24) is 15.0 Å². The standard InChI is InChI=1S/C28H38N6O4S/c1-18(2)20-6-7-23(34-14-19(15-34)16-39(5,36)37)22-13-30-26(12-21(20)22)31-25-8-10-29-27(32-25)33-11-9-24(35)28(3,17-33)38-4/h6-8,10,12-13,18-19,24,35H,9,11,14-17H2,1-5H3,(H,29,30,31,32)/t24-,28+/m1/s1. The van der Waals surface area contributed by atoms with Crippen molar-refractivity contribution in [2.24, 2.45) is 5.92 Å². The number of aliphatic hydroxyl groups excluding tert-OH is 1. The van der Waals surface area contributed by atoms with Crippen molar-refractivity contribution in [2.45, 2.75) is 44.8 Å². The molecule has 0 aliphatic carbocycles. The van der Waals surface area contributed by atoms with Crippen molar-refractivity contribution < 1.29 is 18.3 Å². The first-order valence-electron chi connectivity index (χ1n) is 13.4. The van der Waals surface area contributed by atoms with E-state index in [-0.39, 0.29) is 11.7 Å². The molecule has 0 radical (unpaired) electrons. The van der Waals surface area contributed by atoms with Gasteiger partial charge in [-0.2, -0.15) is 4.98 Å². The zero-order valence-corrected chi connectivity index (χ0v) is 24.1. The number of hydrogen-bond acceptors (Lipinski definition) is 10. The summed E-state index contributed by atoms with van der Waals surface area (Å²) in [6.45, 7) is 8.83. The summed E-state index contributed by atoms with van der Waals surface area (Å²) >= 11 is 0. The van der Waals surface area contributed by atoms with Crippen LogP contribution >= 0.6 is 0 Å². The zero-order chi connectivity index (χ0) is 27.9. The number of aliphatic hydroxyl groups is 1. The Bertz CT molecular complexity index is 1460. The summed E-state index contributed by atoms with van der Waals surface area (Å²) in [6, 6.07) is 8.16. The molecular formula is C28H38N6O4S. The lowest BCUT2D eigenvalue weighted by atomic mass is 9.91. The minimum atomic E-state index is -2.98. The maximum atomic E-state index is 11.7. The van der Waals surface area contributed by atoms with E-state index in [0.717, 1.165) is 29.5 Å². The number of nitrogens with one attached hydrogen (secondary N) is 1. The summed E-state index contributed by atoms with van der Waals surface area (Å²) in [5.74, 6) is 2.59. The number of piperidine rings is 1. The molecule has 3 aromatic rings. The summed E-state index contributed by atoms with van der Waals surface area (Å²) in [5, 5.41) is 15.9. The third-order valence-electron chi connectivity index (χ3n) is 7.90. The number of hydrogen-bond donors (Lipinski definition) is 2. The first-order chi connectivity index (χ1) is 18.5. The summed E-state index contributed by atoms with van der Waals surface area (Å²) in [4.78, 5) is 18.2. The molecule has 2 saturated heterocycles. The van der Waals surface area contributed by atoms with Crippen molar-refractivity contribution in [3.05, 3.63) is 42.2 Å². The number of fused-ring (bicyclic) bond motifs is 1. The molecule has 2 aliphatic rings. The second-order valence-electron chi connectivity index (χ2n) is 11.4. The van der Waals surface area contributed by atoms with E-state index in [0.29, 0.717) is 43.0 Å². The van der Waals surface area contributed by atoms with Gasteiger partial charge >= 0.3 is 0 Å². The van der Waals surface area contributed by atoms with Crippen LogP contribution in [0.4, 0.5) is 23.3 Å². The van der Waals surface area contributed by atoms with Crippen LogP contribution in [0.5, 0.6) is 0 Å². The van der Waals surface area contributed by atoms with E-state index >= 15 is 0 Å². The summed E-state index contributed by atoms with van der Waals surface area (Å²) in [6.07, 6.45) is 4.94. The van der Waals surface area contributed by atoms with E-state index in [9.17, 15) is 13.5 Å². The van der Waals surface area contributed by atoms with Gasteiger partial charge in [0.1, 0.15) is 27.1 Å². The number of methoxy groups -OCH3 is 1. The Kier molecular flexibility index (Phi) is 7.43. The fourth-order valence-electron chi connectivity index (χ4n) is 5.61. The predicted molar refractivity (Wildman–Crippen MR) is 155 cm³/mol. The Labute approximate surface area is 230 Å². The Morgan fingerprint density at radius 1 is 1.15 bits per heavy atom. The van der Waals surface area contributed by atoms with Crippen LogP contribution in [-0.2, 0) is 14.6 Å². The molecule has 5 rings (SSSR count). The van der Waals surface area contributed by atoms with E-state index in [4.69, 9.17) is 14.7 Å². The van der Waals surface area contributed by atoms with Crippen LogP contribution in [0, 0.1) is 5.92 Å².